The fourth-order valence-electron chi connectivity index (χ4n) is 8.00. The van der Waals surface area contributed by atoms with Crippen LogP contribution in [0.5, 0.6) is 0 Å². The van der Waals surface area contributed by atoms with E-state index in [2.05, 4.69) is 196 Å². The van der Waals surface area contributed by atoms with Crippen molar-refractivity contribution in [2.75, 3.05) is 4.90 Å². The van der Waals surface area contributed by atoms with Gasteiger partial charge in [0.2, 0.25) is 5.95 Å². The van der Waals surface area contributed by atoms with Crippen LogP contribution >= 0.6 is 0 Å². The van der Waals surface area contributed by atoms with Gasteiger partial charge in [-0.15, -0.1) is 0 Å². The Kier molecular flexibility index (Phi) is 5.75. The lowest BCUT2D eigenvalue weighted by atomic mass is 9.73. The molecule has 0 amide bonds. The summed E-state index contributed by atoms with van der Waals surface area (Å²) in [6, 6.07) is 65.5. The minimum absolute atomic E-state index is 0.759. The number of rotatable bonds is 4. The molecule has 0 bridgehead atoms. The van der Waals surface area contributed by atoms with E-state index in [1.807, 2.05) is 0 Å². The summed E-state index contributed by atoms with van der Waals surface area (Å²) in [5.74, 6) is 0.882. The van der Waals surface area contributed by atoms with Gasteiger partial charge >= 0.3 is 0 Å². The number of aromatic nitrogens is 3. The Hall–Kier alpha value is -6.39. The molecule has 9 aromatic rings. The van der Waals surface area contributed by atoms with Crippen LogP contribution < -0.4 is 4.90 Å². The average molecular weight is 615 g/mol. The summed E-state index contributed by atoms with van der Waals surface area (Å²) in [5, 5.41) is 2.49. The van der Waals surface area contributed by atoms with Gasteiger partial charge in [0.1, 0.15) is 5.54 Å². The molecule has 4 nitrogen and oxygen atoms in total. The van der Waals surface area contributed by atoms with Gasteiger partial charge in [-0.25, -0.2) is 4.98 Å². The summed E-state index contributed by atoms with van der Waals surface area (Å²) in [6.07, 6.45) is 0. The van der Waals surface area contributed by atoms with Gasteiger partial charge in [0.15, 0.2) is 0 Å². The molecule has 7 aromatic carbocycles. The second-order valence-corrected chi connectivity index (χ2v) is 12.4. The predicted octanol–water partition coefficient (Wildman–Crippen LogP) is 10.6. The van der Waals surface area contributed by atoms with Crippen LogP contribution in [0, 0.1) is 0 Å². The zero-order chi connectivity index (χ0) is 31.7. The van der Waals surface area contributed by atoms with Crippen LogP contribution in [0.1, 0.15) is 16.7 Å². The first-order valence-electron chi connectivity index (χ1n) is 16.4. The lowest BCUT2D eigenvalue weighted by Gasteiger charge is -2.49. The van der Waals surface area contributed by atoms with Gasteiger partial charge in [-0.2, -0.15) is 0 Å². The van der Waals surface area contributed by atoms with E-state index in [1.165, 1.54) is 38.5 Å². The Labute approximate surface area is 278 Å². The highest BCUT2D eigenvalue weighted by Crippen LogP contribution is 2.54. The first-order chi connectivity index (χ1) is 23.8. The Morgan fingerprint density at radius 3 is 1.56 bits per heavy atom. The van der Waals surface area contributed by atoms with Crippen molar-refractivity contribution in [1.29, 1.82) is 0 Å². The van der Waals surface area contributed by atoms with Crippen molar-refractivity contribution in [3.8, 4) is 11.4 Å². The Morgan fingerprint density at radius 2 is 0.938 bits per heavy atom. The third-order valence-corrected chi connectivity index (χ3v) is 9.93. The number of imidazole rings is 1. The van der Waals surface area contributed by atoms with Gasteiger partial charge in [-0.1, -0.05) is 127 Å². The molecule has 0 N–H and O–H groups in total. The van der Waals surface area contributed by atoms with Crippen LogP contribution in [0.4, 0.5) is 11.6 Å². The van der Waals surface area contributed by atoms with Gasteiger partial charge in [0, 0.05) is 27.7 Å². The summed E-state index contributed by atoms with van der Waals surface area (Å²) in [5.41, 5.74) is 10.5. The predicted molar refractivity (Wildman–Crippen MR) is 197 cm³/mol. The van der Waals surface area contributed by atoms with Crippen LogP contribution in [-0.4, -0.2) is 14.1 Å². The quantitative estimate of drug-likeness (QED) is 0.197. The first-order valence-corrected chi connectivity index (χ1v) is 16.4. The van der Waals surface area contributed by atoms with Crippen molar-refractivity contribution >= 4 is 44.5 Å². The number of benzene rings is 7. The van der Waals surface area contributed by atoms with Crippen molar-refractivity contribution in [2.24, 2.45) is 0 Å². The molecule has 0 saturated heterocycles. The van der Waals surface area contributed by atoms with Crippen molar-refractivity contribution in [2.45, 2.75) is 5.54 Å². The van der Waals surface area contributed by atoms with Crippen LogP contribution in [-0.2, 0) is 5.54 Å². The highest BCUT2D eigenvalue weighted by atomic mass is 15.4. The van der Waals surface area contributed by atoms with Gasteiger partial charge < -0.3 is 4.57 Å². The monoisotopic (exact) mass is 614 g/mol. The molecule has 1 aliphatic rings. The molecular formula is C44H30N4. The topological polar surface area (TPSA) is 26.0 Å². The summed E-state index contributed by atoms with van der Waals surface area (Å²) < 4.78 is 4.76. The van der Waals surface area contributed by atoms with E-state index in [9.17, 15) is 0 Å². The van der Waals surface area contributed by atoms with E-state index in [0.717, 1.165) is 34.0 Å². The highest BCUT2D eigenvalue weighted by molar-refractivity contribution is 6.09. The number of para-hydroxylation sites is 5. The zero-order valence-electron chi connectivity index (χ0n) is 26.1. The van der Waals surface area contributed by atoms with Crippen molar-refractivity contribution < 1.29 is 0 Å². The largest absolute Gasteiger partial charge is 0.309 e. The maximum Gasteiger partial charge on any atom is 0.217 e. The fraction of sp³-hybridized carbons (Fsp3) is 0.0227. The molecule has 4 heteroatoms. The summed E-state index contributed by atoms with van der Waals surface area (Å²) in [7, 11) is 0. The molecule has 1 aliphatic heterocycles. The Balaban J connectivity index is 1.41. The molecule has 48 heavy (non-hydrogen) atoms. The molecule has 3 heterocycles. The fourth-order valence-corrected chi connectivity index (χ4v) is 8.00. The first kappa shape index (κ1) is 26.8. The summed E-state index contributed by atoms with van der Waals surface area (Å²) in [6.45, 7) is 0. The van der Waals surface area contributed by atoms with Crippen LogP contribution in [0.2, 0.25) is 0 Å². The second-order valence-electron chi connectivity index (χ2n) is 12.4. The molecule has 10 rings (SSSR count). The summed E-state index contributed by atoms with van der Waals surface area (Å²) >= 11 is 0. The van der Waals surface area contributed by atoms with E-state index in [4.69, 9.17) is 4.98 Å². The SMILES string of the molecule is c1ccc(N2c3nc4ccccc4n3-c3ccc(-n4c5ccccc5c5ccccc54)cc3C2(c2ccccc2)c2ccccc2)cc1. The van der Waals surface area contributed by atoms with Crippen molar-refractivity contribution in [1.82, 2.24) is 14.1 Å². The number of hydrogen-bond donors (Lipinski definition) is 0. The minimum Gasteiger partial charge on any atom is -0.309 e. The molecule has 0 radical (unpaired) electrons. The lowest BCUT2D eigenvalue weighted by molar-refractivity contribution is 0.588. The van der Waals surface area contributed by atoms with Gasteiger partial charge in [-0.05, 0) is 65.7 Å². The molecule has 0 fully saturated rings. The smallest absolute Gasteiger partial charge is 0.217 e. The zero-order valence-corrected chi connectivity index (χ0v) is 26.1. The molecule has 0 saturated carbocycles. The second kappa shape index (κ2) is 10.3. The number of nitrogens with zero attached hydrogens (tertiary/aromatic N) is 4. The van der Waals surface area contributed by atoms with Crippen LogP contribution in [0.25, 0.3) is 44.2 Å². The van der Waals surface area contributed by atoms with E-state index in [0.29, 0.717) is 0 Å². The van der Waals surface area contributed by atoms with Crippen LogP contribution in [0.3, 0.4) is 0 Å². The highest BCUT2D eigenvalue weighted by Gasteiger charge is 2.50. The number of anilines is 2. The van der Waals surface area contributed by atoms with E-state index >= 15 is 0 Å². The molecule has 0 unspecified atom stereocenters. The Morgan fingerprint density at radius 1 is 0.417 bits per heavy atom. The molecular weight excluding hydrogens is 585 g/mol. The summed E-state index contributed by atoms with van der Waals surface area (Å²) in [4.78, 5) is 7.85. The standard InChI is InChI=1S/C44H30N4/c1-4-16-31(17-5-1)44(32-18-6-2-7-19-32)37-30-34(46-39-25-13-10-22-35(39)36-23-11-14-26-40(36)46)28-29-41(37)47-42-27-15-12-24-38(42)45-43(47)48(44)33-20-8-3-9-21-33/h1-30H. The third-order valence-electron chi connectivity index (χ3n) is 9.93. The molecule has 2 aromatic heterocycles. The van der Waals surface area contributed by atoms with E-state index < -0.39 is 5.54 Å². The average Bonchev–Trinajstić information content (AvgIpc) is 3.71. The molecule has 0 spiro atoms. The van der Waals surface area contributed by atoms with Crippen molar-refractivity contribution in [3.63, 3.8) is 0 Å². The van der Waals surface area contributed by atoms with Crippen molar-refractivity contribution in [3.05, 3.63) is 199 Å². The Bertz CT molecular complexity index is 2520. The normalized spacial score (nSPS) is 13.5. The number of hydrogen-bond acceptors (Lipinski definition) is 2. The molecule has 0 atom stereocenters. The molecule has 0 aliphatic carbocycles. The third kappa shape index (κ3) is 3.63. The van der Waals surface area contributed by atoms with Crippen LogP contribution in [0.15, 0.2) is 182 Å². The van der Waals surface area contributed by atoms with Gasteiger partial charge in [0.05, 0.1) is 27.8 Å². The van der Waals surface area contributed by atoms with Gasteiger partial charge in [0.25, 0.3) is 0 Å². The van der Waals surface area contributed by atoms with E-state index in [-0.39, 0.29) is 0 Å². The maximum atomic E-state index is 5.39. The lowest BCUT2D eigenvalue weighted by Crippen LogP contribution is -2.49. The van der Waals surface area contributed by atoms with E-state index in [1.54, 1.807) is 0 Å². The van der Waals surface area contributed by atoms with Gasteiger partial charge in [-0.3, -0.25) is 9.47 Å². The maximum absolute atomic E-state index is 5.39. The minimum atomic E-state index is -0.759. The molecule has 226 valence electrons. The number of fused-ring (bicyclic) bond motifs is 8.